The van der Waals surface area contributed by atoms with Crippen molar-refractivity contribution in [1.29, 1.82) is 0 Å². The fourth-order valence-electron chi connectivity index (χ4n) is 4.29. The number of ketones is 2. The van der Waals surface area contributed by atoms with E-state index >= 15 is 0 Å². The molecule has 4 atom stereocenters. The first-order chi connectivity index (χ1) is 20.6. The average Bonchev–Trinajstić information content (AvgIpc) is 2.94. The molecule has 0 aliphatic heterocycles. The van der Waals surface area contributed by atoms with Gasteiger partial charge in [0.15, 0.2) is 5.78 Å². The van der Waals surface area contributed by atoms with E-state index in [0.717, 1.165) is 0 Å². The van der Waals surface area contributed by atoms with Gasteiger partial charge in [-0.15, -0.1) is 0 Å². The molecule has 1 aromatic carbocycles. The number of benzene rings is 1. The van der Waals surface area contributed by atoms with E-state index in [-0.39, 0.29) is 62.4 Å². The van der Waals surface area contributed by atoms with Crippen LogP contribution in [0.2, 0.25) is 0 Å². The van der Waals surface area contributed by atoms with Crippen LogP contribution in [0.4, 0.5) is 4.79 Å². The Kier molecular flexibility index (Phi) is 16.9. The summed E-state index contributed by atoms with van der Waals surface area (Å²) in [6.45, 7) is 12.0. The normalized spacial score (nSPS) is 14.2. The number of phosphoric acid groups is 1. The third-order valence-corrected chi connectivity index (χ3v) is 8.34. The summed E-state index contributed by atoms with van der Waals surface area (Å²) in [6.07, 6.45) is 0.563. The first kappa shape index (κ1) is 38.7. The van der Waals surface area contributed by atoms with Crippen molar-refractivity contribution in [3.05, 3.63) is 29.8 Å². The highest BCUT2D eigenvalue weighted by atomic mass is 31.2. The topological polar surface area (TPSA) is 186 Å². The molecule has 0 spiro atoms. The van der Waals surface area contributed by atoms with Crippen LogP contribution in [0.5, 0.6) is 5.75 Å². The smallest absolute Gasteiger partial charge is 0.480 e. The van der Waals surface area contributed by atoms with Crippen LogP contribution in [-0.2, 0) is 39.2 Å². The van der Waals surface area contributed by atoms with E-state index in [4.69, 9.17) is 13.6 Å². The fraction of sp³-hybridized carbons (Fsp3) is 0.633. The summed E-state index contributed by atoms with van der Waals surface area (Å²) in [4.78, 5) is 62.6. The van der Waals surface area contributed by atoms with E-state index in [1.807, 2.05) is 27.7 Å². The number of Topliss-reactive ketones (excluding diaryl/α,β-unsaturated/α-hetero) is 2. The number of rotatable bonds is 21. The van der Waals surface area contributed by atoms with Crippen molar-refractivity contribution in [3.8, 4) is 5.75 Å². The predicted molar refractivity (Wildman–Crippen MR) is 164 cm³/mol. The van der Waals surface area contributed by atoms with Gasteiger partial charge in [-0.25, -0.2) is 14.2 Å². The molecule has 1 aromatic rings. The van der Waals surface area contributed by atoms with E-state index in [1.165, 1.54) is 19.1 Å². The Bertz CT molecular complexity index is 1150. The summed E-state index contributed by atoms with van der Waals surface area (Å²) in [5.74, 6) is -3.10. The van der Waals surface area contributed by atoms with Gasteiger partial charge in [0.1, 0.15) is 17.6 Å². The van der Waals surface area contributed by atoms with Crippen molar-refractivity contribution in [2.45, 2.75) is 86.2 Å². The van der Waals surface area contributed by atoms with Gasteiger partial charge in [-0.1, -0.05) is 46.2 Å². The lowest BCUT2D eigenvalue weighted by Gasteiger charge is -2.25. The molecule has 0 aliphatic rings. The minimum atomic E-state index is -3.83. The number of nitrogens with one attached hydrogen (secondary N) is 3. The summed E-state index contributed by atoms with van der Waals surface area (Å²) >= 11 is 0. The molecule has 3 amide bonds. The molecule has 0 radical (unpaired) electrons. The zero-order valence-corrected chi connectivity index (χ0v) is 27.6. The van der Waals surface area contributed by atoms with Crippen molar-refractivity contribution in [3.63, 3.8) is 0 Å². The molecule has 0 heterocycles. The highest BCUT2D eigenvalue weighted by Crippen LogP contribution is 2.49. The Balaban J connectivity index is 3.26. The Morgan fingerprint density at radius 1 is 0.909 bits per heavy atom. The molecular weight excluding hydrogens is 593 g/mol. The lowest BCUT2D eigenvalue weighted by Crippen LogP contribution is -2.52. The number of hydrogen-bond donors (Lipinski definition) is 4. The quantitative estimate of drug-likeness (QED) is 0.141. The van der Waals surface area contributed by atoms with Crippen molar-refractivity contribution in [2.75, 3.05) is 19.8 Å². The molecule has 4 N–H and O–H groups in total. The molecule has 44 heavy (non-hydrogen) atoms. The SMILES string of the molecule is CCOP(=O)(OCC)Oc1ccc(CC(NC(=O)NC(CC(C)C)C(=O)O)C(=O)CC(C(=O)NCC(C)=O)C(C)CC)cc1. The maximum atomic E-state index is 13.7. The number of carboxylic acids is 1. The fourth-order valence-corrected chi connectivity index (χ4v) is 5.48. The van der Waals surface area contributed by atoms with Crippen LogP contribution in [0.25, 0.3) is 0 Å². The molecule has 0 saturated carbocycles. The second-order valence-corrected chi connectivity index (χ2v) is 12.6. The number of aliphatic carboxylic acids is 1. The molecule has 13 nitrogen and oxygen atoms in total. The average molecular weight is 642 g/mol. The van der Waals surface area contributed by atoms with Gasteiger partial charge in [0.05, 0.1) is 25.8 Å². The molecule has 248 valence electrons. The lowest BCUT2D eigenvalue weighted by atomic mass is 9.84. The maximum absolute atomic E-state index is 13.7. The lowest BCUT2D eigenvalue weighted by molar-refractivity contribution is -0.139. The van der Waals surface area contributed by atoms with Gasteiger partial charge in [-0.3, -0.25) is 23.4 Å². The highest BCUT2D eigenvalue weighted by Gasteiger charge is 2.32. The molecule has 0 fully saturated rings. The predicted octanol–water partition coefficient (Wildman–Crippen LogP) is 4.28. The number of carbonyl (C=O) groups excluding carboxylic acids is 4. The van der Waals surface area contributed by atoms with Crippen LogP contribution in [0.15, 0.2) is 24.3 Å². The van der Waals surface area contributed by atoms with Gasteiger partial charge in [0, 0.05) is 12.3 Å². The van der Waals surface area contributed by atoms with Crippen molar-refractivity contribution < 1.29 is 47.2 Å². The largest absolute Gasteiger partial charge is 0.530 e. The van der Waals surface area contributed by atoms with Crippen LogP contribution < -0.4 is 20.5 Å². The number of hydrogen-bond acceptors (Lipinski definition) is 9. The zero-order chi connectivity index (χ0) is 33.4. The first-order valence-corrected chi connectivity index (χ1v) is 16.4. The Labute approximate surface area is 259 Å². The Morgan fingerprint density at radius 2 is 1.48 bits per heavy atom. The van der Waals surface area contributed by atoms with Gasteiger partial charge < -0.3 is 25.6 Å². The third-order valence-electron chi connectivity index (χ3n) is 6.76. The maximum Gasteiger partial charge on any atom is 0.530 e. The number of carboxylic acid groups (broad SMARTS) is 1. The van der Waals surface area contributed by atoms with Crippen LogP contribution in [-0.4, -0.2) is 66.4 Å². The van der Waals surface area contributed by atoms with Crippen LogP contribution in [0.1, 0.15) is 73.3 Å². The molecular formula is C30H48N3O10P. The molecule has 1 rings (SSSR count). The van der Waals surface area contributed by atoms with E-state index < -0.39 is 49.5 Å². The van der Waals surface area contributed by atoms with Crippen LogP contribution >= 0.6 is 7.82 Å². The van der Waals surface area contributed by atoms with Gasteiger partial charge in [0.25, 0.3) is 0 Å². The van der Waals surface area contributed by atoms with Gasteiger partial charge in [0.2, 0.25) is 5.91 Å². The highest BCUT2D eigenvalue weighted by molar-refractivity contribution is 7.48. The Morgan fingerprint density at radius 3 is 1.95 bits per heavy atom. The minimum Gasteiger partial charge on any atom is -0.480 e. The van der Waals surface area contributed by atoms with E-state index in [9.17, 15) is 33.6 Å². The molecule has 0 aliphatic carbocycles. The minimum absolute atomic E-state index is 0.00528. The number of phosphoric ester groups is 1. The number of carbonyl (C=O) groups is 5. The van der Waals surface area contributed by atoms with Crippen LogP contribution in [0.3, 0.4) is 0 Å². The van der Waals surface area contributed by atoms with Crippen molar-refractivity contribution in [1.82, 2.24) is 16.0 Å². The molecule has 0 saturated heterocycles. The zero-order valence-electron chi connectivity index (χ0n) is 26.7. The standard InChI is InChI=1S/C30H48N3O10P/c1-8-20(6)24(28(36)31-18-21(7)34)17-27(35)25(32-30(39)33-26(29(37)38)15-19(4)5)16-22-11-13-23(14-12-22)43-44(40,41-9-2)42-10-3/h11-14,19-20,24-26H,8-10,15-18H2,1-7H3,(H,31,36)(H,37,38)(H2,32,33,39). The molecule has 0 bridgehead atoms. The van der Waals surface area contributed by atoms with Crippen molar-refractivity contribution >= 4 is 37.3 Å². The first-order valence-electron chi connectivity index (χ1n) is 14.9. The number of amides is 3. The summed E-state index contributed by atoms with van der Waals surface area (Å²) in [5, 5.41) is 17.1. The summed E-state index contributed by atoms with van der Waals surface area (Å²) < 4.78 is 28.5. The summed E-state index contributed by atoms with van der Waals surface area (Å²) in [5.41, 5.74) is 0.594. The molecule has 4 unspecified atom stereocenters. The van der Waals surface area contributed by atoms with Gasteiger partial charge >= 0.3 is 19.8 Å². The van der Waals surface area contributed by atoms with Gasteiger partial charge in [-0.05, 0) is 63.1 Å². The second-order valence-electron chi connectivity index (χ2n) is 11.0. The van der Waals surface area contributed by atoms with Crippen molar-refractivity contribution in [2.24, 2.45) is 17.8 Å². The third kappa shape index (κ3) is 14.0. The summed E-state index contributed by atoms with van der Waals surface area (Å²) in [6, 6.07) is 3.12. The van der Waals surface area contributed by atoms with Crippen LogP contribution in [0, 0.1) is 17.8 Å². The number of urea groups is 1. The molecule has 14 heteroatoms. The van der Waals surface area contributed by atoms with E-state index in [0.29, 0.717) is 12.0 Å². The van der Waals surface area contributed by atoms with Gasteiger partial charge in [-0.2, -0.15) is 0 Å². The monoisotopic (exact) mass is 641 g/mol. The second kappa shape index (κ2) is 19.2. The summed E-state index contributed by atoms with van der Waals surface area (Å²) in [7, 11) is -3.83. The Hall–Kier alpha value is -3.28. The van der Waals surface area contributed by atoms with E-state index in [2.05, 4.69) is 16.0 Å². The van der Waals surface area contributed by atoms with E-state index in [1.54, 1.807) is 26.0 Å². The molecule has 0 aromatic heterocycles.